The van der Waals surface area contributed by atoms with E-state index in [1.165, 1.54) is 17.7 Å². The Hall–Kier alpha value is -2.07. The van der Waals surface area contributed by atoms with Crippen LogP contribution in [0.25, 0.3) is 0 Å². The van der Waals surface area contributed by atoms with Crippen molar-refractivity contribution in [2.45, 2.75) is 19.6 Å². The molecule has 0 aliphatic heterocycles. The highest BCUT2D eigenvalue weighted by molar-refractivity contribution is 6.30. The Morgan fingerprint density at radius 1 is 0.889 bits per heavy atom. The van der Waals surface area contributed by atoms with E-state index in [4.69, 9.17) is 16.3 Å². The van der Waals surface area contributed by atoms with Crippen molar-refractivity contribution >= 4 is 24.0 Å². The maximum absolute atomic E-state index is 13.0. The molecule has 2 nitrogen and oxygen atoms in total. The molecule has 0 aliphatic carbocycles. The van der Waals surface area contributed by atoms with Gasteiger partial charge in [0.25, 0.3) is 0 Å². The quantitative estimate of drug-likeness (QED) is 0.477. The van der Waals surface area contributed by atoms with Gasteiger partial charge in [-0.3, -0.25) is 0 Å². The van der Waals surface area contributed by atoms with Gasteiger partial charge in [-0.25, -0.2) is 4.39 Å². The molecule has 3 rings (SSSR count). The summed E-state index contributed by atoms with van der Waals surface area (Å²) in [5.74, 6) is 0.537. The zero-order valence-electron chi connectivity index (χ0n) is 14.8. The lowest BCUT2D eigenvalue weighted by atomic mass is 10.1. The minimum Gasteiger partial charge on any atom is -0.489 e. The first-order valence-corrected chi connectivity index (χ1v) is 8.99. The van der Waals surface area contributed by atoms with Gasteiger partial charge in [-0.15, -0.1) is 12.4 Å². The third-order valence-electron chi connectivity index (χ3n) is 4.08. The van der Waals surface area contributed by atoms with Crippen LogP contribution in [0, 0.1) is 5.82 Å². The van der Waals surface area contributed by atoms with Gasteiger partial charge in [-0.2, -0.15) is 0 Å². The molecule has 1 N–H and O–H groups in total. The lowest BCUT2D eigenvalue weighted by molar-refractivity contribution is 0.302. The Bertz CT molecular complexity index is 825. The standard InChI is InChI=1S/C22H21ClFNO.ClH/c23-20-8-11-22(26-16-18-6-9-21(24)10-7-18)19(14-20)15-25-13-12-17-4-2-1-3-5-17;/h1-11,14,25H,12-13,15-16H2;1H. The van der Waals surface area contributed by atoms with E-state index in [1.807, 2.05) is 36.4 Å². The van der Waals surface area contributed by atoms with E-state index >= 15 is 0 Å². The molecule has 3 aromatic carbocycles. The van der Waals surface area contributed by atoms with E-state index < -0.39 is 0 Å². The van der Waals surface area contributed by atoms with Crippen molar-refractivity contribution in [3.8, 4) is 5.75 Å². The van der Waals surface area contributed by atoms with E-state index in [0.29, 0.717) is 18.2 Å². The summed E-state index contributed by atoms with van der Waals surface area (Å²) >= 11 is 6.14. The third-order valence-corrected chi connectivity index (χ3v) is 4.31. The number of rotatable bonds is 8. The zero-order valence-corrected chi connectivity index (χ0v) is 16.4. The van der Waals surface area contributed by atoms with Crippen molar-refractivity contribution in [2.24, 2.45) is 0 Å². The molecule has 142 valence electrons. The van der Waals surface area contributed by atoms with Crippen LogP contribution in [-0.2, 0) is 19.6 Å². The molecule has 0 fully saturated rings. The lowest BCUT2D eigenvalue weighted by Gasteiger charge is -2.13. The highest BCUT2D eigenvalue weighted by atomic mass is 35.5. The average molecular weight is 406 g/mol. The zero-order chi connectivity index (χ0) is 18.2. The van der Waals surface area contributed by atoms with E-state index in [-0.39, 0.29) is 18.2 Å². The Balaban J connectivity index is 0.00000261. The van der Waals surface area contributed by atoms with Gasteiger partial charge in [0.2, 0.25) is 0 Å². The summed E-state index contributed by atoms with van der Waals surface area (Å²) in [4.78, 5) is 0. The van der Waals surface area contributed by atoms with Gasteiger partial charge >= 0.3 is 0 Å². The summed E-state index contributed by atoms with van der Waals surface area (Å²) in [5.41, 5.74) is 3.23. The second-order valence-corrected chi connectivity index (χ2v) is 6.52. The van der Waals surface area contributed by atoms with E-state index in [9.17, 15) is 4.39 Å². The summed E-state index contributed by atoms with van der Waals surface area (Å²) in [7, 11) is 0. The highest BCUT2D eigenvalue weighted by Crippen LogP contribution is 2.24. The second kappa shape index (κ2) is 10.9. The molecule has 5 heteroatoms. The van der Waals surface area contributed by atoms with E-state index in [1.54, 1.807) is 12.1 Å². The summed E-state index contributed by atoms with van der Waals surface area (Å²) in [5, 5.41) is 4.11. The van der Waals surface area contributed by atoms with Crippen molar-refractivity contribution in [3.63, 3.8) is 0 Å². The third kappa shape index (κ3) is 6.87. The van der Waals surface area contributed by atoms with Gasteiger partial charge in [-0.1, -0.05) is 54.1 Å². The van der Waals surface area contributed by atoms with Gasteiger partial charge in [-0.05, 0) is 54.4 Å². The van der Waals surface area contributed by atoms with Crippen molar-refractivity contribution in [2.75, 3.05) is 6.54 Å². The Morgan fingerprint density at radius 3 is 2.37 bits per heavy atom. The maximum atomic E-state index is 13.0. The van der Waals surface area contributed by atoms with Crippen molar-refractivity contribution in [3.05, 3.63) is 100 Å². The lowest BCUT2D eigenvalue weighted by Crippen LogP contribution is -2.17. The monoisotopic (exact) mass is 405 g/mol. The van der Waals surface area contributed by atoms with Crippen molar-refractivity contribution < 1.29 is 9.13 Å². The Kier molecular flexibility index (Phi) is 8.59. The number of ether oxygens (including phenoxy) is 1. The molecule has 0 bridgehead atoms. The molecular weight excluding hydrogens is 384 g/mol. The summed E-state index contributed by atoms with van der Waals surface area (Å²) in [6.45, 7) is 1.93. The van der Waals surface area contributed by atoms with Gasteiger partial charge in [0.15, 0.2) is 0 Å². The molecule has 0 amide bonds. The van der Waals surface area contributed by atoms with Crippen LogP contribution < -0.4 is 10.1 Å². The molecule has 3 aromatic rings. The summed E-state index contributed by atoms with van der Waals surface area (Å²) < 4.78 is 18.9. The largest absolute Gasteiger partial charge is 0.489 e. The minimum atomic E-state index is -0.247. The molecule has 27 heavy (non-hydrogen) atoms. The fourth-order valence-electron chi connectivity index (χ4n) is 2.67. The molecule has 0 aromatic heterocycles. The first-order valence-electron chi connectivity index (χ1n) is 8.61. The van der Waals surface area contributed by atoms with Gasteiger partial charge in [0, 0.05) is 17.1 Å². The van der Waals surface area contributed by atoms with Gasteiger partial charge in [0.05, 0.1) is 0 Å². The number of benzene rings is 3. The molecule has 0 heterocycles. The molecule has 0 unspecified atom stereocenters. The normalized spacial score (nSPS) is 10.3. The van der Waals surface area contributed by atoms with E-state index in [2.05, 4.69) is 17.4 Å². The SMILES string of the molecule is Cl.Fc1ccc(COc2ccc(Cl)cc2CNCCc2ccccc2)cc1. The van der Waals surface area contributed by atoms with Crippen LogP contribution in [0.2, 0.25) is 5.02 Å². The van der Waals surface area contributed by atoms with Crippen LogP contribution in [0.15, 0.2) is 72.8 Å². The Morgan fingerprint density at radius 2 is 1.63 bits per heavy atom. The molecule has 0 spiro atoms. The highest BCUT2D eigenvalue weighted by Gasteiger charge is 2.06. The smallest absolute Gasteiger partial charge is 0.124 e. The topological polar surface area (TPSA) is 21.3 Å². The van der Waals surface area contributed by atoms with Gasteiger partial charge < -0.3 is 10.1 Å². The average Bonchev–Trinajstić information content (AvgIpc) is 2.67. The Labute approximate surface area is 170 Å². The first-order chi connectivity index (χ1) is 12.7. The van der Waals surface area contributed by atoms with Crippen LogP contribution in [0.3, 0.4) is 0 Å². The molecule has 0 atom stereocenters. The second-order valence-electron chi connectivity index (χ2n) is 6.08. The van der Waals surface area contributed by atoms with Crippen LogP contribution in [0.4, 0.5) is 4.39 Å². The molecule has 0 aliphatic rings. The molecule has 0 saturated carbocycles. The number of nitrogens with one attached hydrogen (secondary N) is 1. The maximum Gasteiger partial charge on any atom is 0.124 e. The first kappa shape index (κ1) is 21.2. The molecule has 0 saturated heterocycles. The van der Waals surface area contributed by atoms with Crippen LogP contribution in [0.1, 0.15) is 16.7 Å². The predicted octanol–water partition coefficient (Wildman–Crippen LogP) is 5.81. The minimum absolute atomic E-state index is 0. The number of halogens is 3. The predicted molar refractivity (Wildman–Crippen MR) is 111 cm³/mol. The fourth-order valence-corrected chi connectivity index (χ4v) is 2.86. The number of hydrogen-bond donors (Lipinski definition) is 1. The van der Waals surface area contributed by atoms with Crippen LogP contribution >= 0.6 is 24.0 Å². The van der Waals surface area contributed by atoms with Crippen LogP contribution in [-0.4, -0.2) is 6.54 Å². The summed E-state index contributed by atoms with van der Waals surface area (Å²) in [6.07, 6.45) is 0.965. The summed E-state index contributed by atoms with van der Waals surface area (Å²) in [6, 6.07) is 22.3. The van der Waals surface area contributed by atoms with Crippen molar-refractivity contribution in [1.82, 2.24) is 5.32 Å². The fraction of sp³-hybridized carbons (Fsp3) is 0.182. The molecular formula is C22H22Cl2FNO. The van der Waals surface area contributed by atoms with Crippen LogP contribution in [0.5, 0.6) is 5.75 Å². The van der Waals surface area contributed by atoms with Crippen molar-refractivity contribution in [1.29, 1.82) is 0 Å². The molecule has 0 radical (unpaired) electrons. The number of hydrogen-bond acceptors (Lipinski definition) is 2. The van der Waals surface area contributed by atoms with E-state index in [0.717, 1.165) is 29.8 Å². The van der Waals surface area contributed by atoms with Gasteiger partial charge in [0.1, 0.15) is 18.2 Å².